The van der Waals surface area contributed by atoms with Gasteiger partial charge in [0.25, 0.3) is 0 Å². The molecule has 0 aliphatic rings. The summed E-state index contributed by atoms with van der Waals surface area (Å²) in [5.41, 5.74) is 0.523. The van der Waals surface area contributed by atoms with E-state index in [1.807, 2.05) is 6.92 Å². The summed E-state index contributed by atoms with van der Waals surface area (Å²) in [4.78, 5) is 25.2. The van der Waals surface area contributed by atoms with Gasteiger partial charge in [-0.2, -0.15) is 0 Å². The van der Waals surface area contributed by atoms with E-state index >= 15 is 0 Å². The number of rotatable bonds is 6. The Morgan fingerprint density at radius 2 is 1.96 bits per heavy atom. The fourth-order valence-electron chi connectivity index (χ4n) is 2.55. The molecule has 0 aromatic heterocycles. The van der Waals surface area contributed by atoms with Crippen LogP contribution in [0.2, 0.25) is 0 Å². The minimum atomic E-state index is -1.14. The van der Waals surface area contributed by atoms with Crippen molar-refractivity contribution in [3.8, 4) is 5.75 Å². The molecule has 1 aromatic carbocycles. The zero-order valence-electron chi connectivity index (χ0n) is 15.1. The molecule has 7 nitrogen and oxygen atoms in total. The SMILES string of the molecule is CCNc1c(NC(=O)[C@@H](C)N(C(=O)O)C(C)(C)C)cccc1OC. The zero-order chi connectivity index (χ0) is 18.5. The van der Waals surface area contributed by atoms with Crippen molar-refractivity contribution in [3.05, 3.63) is 18.2 Å². The lowest BCUT2D eigenvalue weighted by Gasteiger charge is -2.37. The number of carbonyl (C=O) groups excluding carboxylic acids is 1. The molecular formula is C17H27N3O4. The van der Waals surface area contributed by atoms with Crippen LogP contribution in [0.25, 0.3) is 0 Å². The van der Waals surface area contributed by atoms with Crippen LogP contribution >= 0.6 is 0 Å². The molecule has 0 fully saturated rings. The van der Waals surface area contributed by atoms with Crippen LogP contribution in [0.4, 0.5) is 16.2 Å². The van der Waals surface area contributed by atoms with Crippen LogP contribution in [0.15, 0.2) is 18.2 Å². The fraction of sp³-hybridized carbons (Fsp3) is 0.529. The summed E-state index contributed by atoms with van der Waals surface area (Å²) >= 11 is 0. The molecule has 1 atom stereocenters. The fourth-order valence-corrected chi connectivity index (χ4v) is 2.55. The van der Waals surface area contributed by atoms with Gasteiger partial charge in [0.05, 0.1) is 12.8 Å². The number of methoxy groups -OCH3 is 1. The number of carbonyl (C=O) groups is 2. The van der Waals surface area contributed by atoms with Crippen molar-refractivity contribution in [3.63, 3.8) is 0 Å². The highest BCUT2D eigenvalue weighted by Gasteiger charge is 2.34. The van der Waals surface area contributed by atoms with E-state index in [1.54, 1.807) is 53.0 Å². The van der Waals surface area contributed by atoms with Gasteiger partial charge < -0.3 is 20.5 Å². The Bertz CT molecular complexity index is 596. The first-order valence-corrected chi connectivity index (χ1v) is 7.87. The van der Waals surface area contributed by atoms with Gasteiger partial charge in [0.15, 0.2) is 0 Å². The molecule has 0 aliphatic heterocycles. The van der Waals surface area contributed by atoms with Crippen LogP contribution in [0, 0.1) is 0 Å². The van der Waals surface area contributed by atoms with Crippen LogP contribution < -0.4 is 15.4 Å². The number of amides is 2. The van der Waals surface area contributed by atoms with Crippen molar-refractivity contribution >= 4 is 23.4 Å². The van der Waals surface area contributed by atoms with Crippen molar-refractivity contribution in [1.82, 2.24) is 4.90 Å². The first-order valence-electron chi connectivity index (χ1n) is 7.87. The lowest BCUT2D eigenvalue weighted by Crippen LogP contribution is -2.54. The number of para-hydroxylation sites is 1. The number of benzene rings is 1. The van der Waals surface area contributed by atoms with Gasteiger partial charge >= 0.3 is 6.09 Å². The van der Waals surface area contributed by atoms with Crippen molar-refractivity contribution < 1.29 is 19.4 Å². The number of ether oxygens (including phenoxy) is 1. The van der Waals surface area contributed by atoms with Gasteiger partial charge in [-0.25, -0.2) is 4.79 Å². The Hall–Kier alpha value is -2.44. The van der Waals surface area contributed by atoms with Gasteiger partial charge in [-0.1, -0.05) is 6.07 Å². The third-order valence-corrected chi connectivity index (χ3v) is 3.55. The van der Waals surface area contributed by atoms with Gasteiger partial charge in [0.1, 0.15) is 17.5 Å². The smallest absolute Gasteiger partial charge is 0.408 e. The molecule has 3 N–H and O–H groups in total. The lowest BCUT2D eigenvalue weighted by molar-refractivity contribution is -0.121. The Morgan fingerprint density at radius 1 is 1.33 bits per heavy atom. The van der Waals surface area contributed by atoms with Crippen LogP contribution in [0.5, 0.6) is 5.75 Å². The minimum absolute atomic E-state index is 0.403. The molecule has 0 heterocycles. The molecule has 0 unspecified atom stereocenters. The molecule has 0 saturated carbocycles. The highest BCUT2D eigenvalue weighted by molar-refractivity contribution is 5.99. The third kappa shape index (κ3) is 4.53. The third-order valence-electron chi connectivity index (χ3n) is 3.55. The number of carboxylic acid groups (broad SMARTS) is 1. The van der Waals surface area contributed by atoms with Gasteiger partial charge in [-0.15, -0.1) is 0 Å². The summed E-state index contributed by atoms with van der Waals surface area (Å²) in [6.45, 7) is 9.41. The summed E-state index contributed by atoms with van der Waals surface area (Å²) in [5.74, 6) is 0.202. The average Bonchev–Trinajstić information content (AvgIpc) is 2.47. The zero-order valence-corrected chi connectivity index (χ0v) is 15.1. The maximum Gasteiger partial charge on any atom is 0.408 e. The van der Waals surface area contributed by atoms with Crippen molar-refractivity contribution in [2.75, 3.05) is 24.3 Å². The Morgan fingerprint density at radius 3 is 2.42 bits per heavy atom. The second-order valence-electron chi connectivity index (χ2n) is 6.40. The molecule has 0 radical (unpaired) electrons. The standard InChI is InChI=1S/C17H27N3O4/c1-7-18-14-12(9-8-10-13(14)24-6)19-15(21)11(2)20(16(22)23)17(3,4)5/h8-11,18H,7H2,1-6H3,(H,19,21)(H,22,23)/t11-/m1/s1. The Labute approximate surface area is 143 Å². The number of hydrogen-bond acceptors (Lipinski definition) is 4. The highest BCUT2D eigenvalue weighted by atomic mass is 16.5. The number of anilines is 2. The van der Waals surface area contributed by atoms with E-state index in [1.165, 1.54) is 0 Å². The largest absolute Gasteiger partial charge is 0.495 e. The van der Waals surface area contributed by atoms with Gasteiger partial charge in [0, 0.05) is 12.1 Å². The van der Waals surface area contributed by atoms with Crippen LogP contribution in [-0.2, 0) is 4.79 Å². The van der Waals surface area contributed by atoms with Crippen molar-refractivity contribution in [2.45, 2.75) is 46.2 Å². The number of nitrogens with one attached hydrogen (secondary N) is 2. The number of nitrogens with zero attached hydrogens (tertiary/aromatic N) is 1. The van der Waals surface area contributed by atoms with E-state index in [0.29, 0.717) is 23.7 Å². The van der Waals surface area contributed by atoms with E-state index in [-0.39, 0.29) is 0 Å². The van der Waals surface area contributed by atoms with Crippen molar-refractivity contribution in [1.29, 1.82) is 0 Å². The Balaban J connectivity index is 3.08. The first-order chi connectivity index (χ1) is 11.1. The van der Waals surface area contributed by atoms with E-state index in [2.05, 4.69) is 10.6 Å². The molecule has 0 aliphatic carbocycles. The molecular weight excluding hydrogens is 310 g/mol. The summed E-state index contributed by atoms with van der Waals surface area (Å²) in [5, 5.41) is 15.4. The summed E-state index contributed by atoms with van der Waals surface area (Å²) in [7, 11) is 1.55. The number of hydrogen-bond donors (Lipinski definition) is 3. The van der Waals surface area contributed by atoms with Crippen LogP contribution in [0.1, 0.15) is 34.6 Å². The van der Waals surface area contributed by atoms with E-state index in [4.69, 9.17) is 4.74 Å². The molecule has 1 aromatic rings. The highest BCUT2D eigenvalue weighted by Crippen LogP contribution is 2.32. The van der Waals surface area contributed by atoms with E-state index < -0.39 is 23.6 Å². The predicted molar refractivity (Wildman–Crippen MR) is 94.9 cm³/mol. The van der Waals surface area contributed by atoms with Crippen LogP contribution in [-0.4, -0.2) is 47.2 Å². The maximum absolute atomic E-state index is 12.6. The molecule has 24 heavy (non-hydrogen) atoms. The van der Waals surface area contributed by atoms with E-state index in [0.717, 1.165) is 4.90 Å². The topological polar surface area (TPSA) is 90.9 Å². The molecule has 0 saturated heterocycles. The average molecular weight is 337 g/mol. The quantitative estimate of drug-likeness (QED) is 0.741. The van der Waals surface area contributed by atoms with Crippen LogP contribution in [0.3, 0.4) is 0 Å². The second kappa shape index (κ2) is 7.90. The van der Waals surface area contributed by atoms with Crippen molar-refractivity contribution in [2.24, 2.45) is 0 Å². The monoisotopic (exact) mass is 337 g/mol. The molecule has 2 amide bonds. The van der Waals surface area contributed by atoms with Gasteiger partial charge in [-0.05, 0) is 46.8 Å². The minimum Gasteiger partial charge on any atom is -0.495 e. The normalized spacial score (nSPS) is 12.2. The lowest BCUT2D eigenvalue weighted by atomic mass is 10.0. The Kier molecular flexibility index (Phi) is 6.45. The maximum atomic E-state index is 12.6. The van der Waals surface area contributed by atoms with E-state index in [9.17, 15) is 14.7 Å². The summed E-state index contributed by atoms with van der Waals surface area (Å²) < 4.78 is 5.30. The predicted octanol–water partition coefficient (Wildman–Crippen LogP) is 3.23. The molecule has 0 bridgehead atoms. The van der Waals surface area contributed by atoms with Gasteiger partial charge in [-0.3, -0.25) is 9.69 Å². The molecule has 0 spiro atoms. The first kappa shape index (κ1) is 19.6. The second-order valence-corrected chi connectivity index (χ2v) is 6.40. The summed E-state index contributed by atoms with van der Waals surface area (Å²) in [6, 6.07) is 4.45. The summed E-state index contributed by atoms with van der Waals surface area (Å²) in [6.07, 6.45) is -1.14. The molecule has 7 heteroatoms. The van der Waals surface area contributed by atoms with Gasteiger partial charge in [0.2, 0.25) is 5.91 Å². The molecule has 134 valence electrons. The molecule has 1 rings (SSSR count).